The van der Waals surface area contributed by atoms with Gasteiger partial charge in [-0.05, 0) is 19.3 Å². The van der Waals surface area contributed by atoms with Crippen molar-refractivity contribution in [1.82, 2.24) is 10.6 Å². The van der Waals surface area contributed by atoms with E-state index < -0.39 is 42.0 Å². The maximum absolute atomic E-state index is 12.0. The maximum Gasteiger partial charge on any atom is 0.327 e. The summed E-state index contributed by atoms with van der Waals surface area (Å²) in [6, 6.07) is -3.31. The number of thiol groups is 1. The Morgan fingerprint density at radius 2 is 1.68 bits per heavy atom. The van der Waals surface area contributed by atoms with Gasteiger partial charge in [0.05, 0.1) is 12.1 Å². The van der Waals surface area contributed by atoms with Crippen molar-refractivity contribution >= 4 is 30.4 Å². The quantitative estimate of drug-likeness (QED) is 0.290. The van der Waals surface area contributed by atoms with Crippen LogP contribution < -0.4 is 16.4 Å². The fourth-order valence-corrected chi connectivity index (χ4v) is 1.97. The molecule has 0 saturated heterocycles. The lowest BCUT2D eigenvalue weighted by atomic mass is 10.0. The third-order valence-electron chi connectivity index (χ3n) is 2.92. The lowest BCUT2D eigenvalue weighted by Gasteiger charge is -2.24. The minimum atomic E-state index is -1.28. The van der Waals surface area contributed by atoms with Crippen LogP contribution in [0.5, 0.6) is 0 Å². The van der Waals surface area contributed by atoms with Gasteiger partial charge in [-0.25, -0.2) is 4.79 Å². The molecule has 0 aliphatic carbocycles. The number of aliphatic hydroxyl groups is 1. The average molecular weight is 335 g/mol. The van der Waals surface area contributed by atoms with Crippen molar-refractivity contribution in [2.45, 2.75) is 51.4 Å². The summed E-state index contributed by atoms with van der Waals surface area (Å²) in [5.41, 5.74) is 5.71. The van der Waals surface area contributed by atoms with Crippen LogP contribution >= 0.6 is 12.6 Å². The number of nitrogens with one attached hydrogen (secondary N) is 2. The monoisotopic (exact) mass is 335 g/mol. The van der Waals surface area contributed by atoms with E-state index in [1.807, 2.05) is 13.8 Å². The van der Waals surface area contributed by atoms with Crippen LogP contribution in [0, 0.1) is 5.92 Å². The molecule has 0 spiro atoms. The second-order valence-corrected chi connectivity index (χ2v) is 5.91. The number of amides is 2. The SMILES string of the molecule is CC(C)C[C@H](N)C(=O)N[C@H](C(=O)N[C@@H](CS)C(=O)O)[C@@H](C)O. The normalized spacial score (nSPS) is 16.5. The van der Waals surface area contributed by atoms with Crippen molar-refractivity contribution in [3.05, 3.63) is 0 Å². The number of carboxylic acids is 1. The van der Waals surface area contributed by atoms with Gasteiger partial charge in [-0.2, -0.15) is 12.6 Å². The summed E-state index contributed by atoms with van der Waals surface area (Å²) in [6.45, 7) is 5.11. The van der Waals surface area contributed by atoms with E-state index in [4.69, 9.17) is 10.8 Å². The van der Waals surface area contributed by atoms with Crippen LogP contribution in [0.25, 0.3) is 0 Å². The smallest absolute Gasteiger partial charge is 0.327 e. The number of nitrogens with two attached hydrogens (primary N) is 1. The number of rotatable bonds is 9. The standard InChI is InChI=1S/C13H25N3O5S/c1-6(2)4-8(14)11(18)16-10(7(3)17)12(19)15-9(5-22)13(20)21/h6-10,17,22H,4-5,14H2,1-3H3,(H,15,19)(H,16,18)(H,20,21)/t7-,8+,9+,10+/m1/s1. The minimum absolute atomic E-state index is 0.117. The number of carboxylic acid groups (broad SMARTS) is 1. The molecule has 0 radical (unpaired) electrons. The van der Waals surface area contributed by atoms with Gasteiger partial charge in [-0.3, -0.25) is 9.59 Å². The van der Waals surface area contributed by atoms with Gasteiger partial charge in [0.15, 0.2) is 0 Å². The van der Waals surface area contributed by atoms with Crippen LogP contribution in [-0.4, -0.2) is 58.0 Å². The number of hydrogen-bond acceptors (Lipinski definition) is 6. The number of hydrogen-bond donors (Lipinski definition) is 6. The van der Waals surface area contributed by atoms with Crippen LogP contribution in [0.1, 0.15) is 27.2 Å². The van der Waals surface area contributed by atoms with E-state index in [2.05, 4.69) is 23.3 Å². The molecule has 0 heterocycles. The molecule has 0 saturated carbocycles. The predicted octanol–water partition coefficient (Wildman–Crippen LogP) is -1.28. The van der Waals surface area contributed by atoms with Crippen molar-refractivity contribution < 1.29 is 24.6 Å². The molecule has 22 heavy (non-hydrogen) atoms. The molecule has 0 aliphatic heterocycles. The molecule has 2 amide bonds. The van der Waals surface area contributed by atoms with E-state index in [-0.39, 0.29) is 11.7 Å². The first-order valence-electron chi connectivity index (χ1n) is 6.98. The molecule has 0 unspecified atom stereocenters. The van der Waals surface area contributed by atoms with Gasteiger partial charge in [0.1, 0.15) is 12.1 Å². The molecular formula is C13H25N3O5S. The fourth-order valence-electron chi connectivity index (χ4n) is 1.73. The van der Waals surface area contributed by atoms with E-state index in [9.17, 15) is 19.5 Å². The summed E-state index contributed by atoms with van der Waals surface area (Å²) in [7, 11) is 0. The molecule has 0 aromatic carbocycles. The summed E-state index contributed by atoms with van der Waals surface area (Å²) in [4.78, 5) is 34.8. The Kier molecular flexibility index (Phi) is 9.07. The third-order valence-corrected chi connectivity index (χ3v) is 3.29. The van der Waals surface area contributed by atoms with Gasteiger partial charge >= 0.3 is 5.97 Å². The van der Waals surface area contributed by atoms with Crippen LogP contribution in [0.4, 0.5) is 0 Å². The van der Waals surface area contributed by atoms with Crippen LogP contribution in [0.15, 0.2) is 0 Å². The Balaban J connectivity index is 4.82. The number of carbonyl (C=O) groups is 3. The van der Waals surface area contributed by atoms with Crippen molar-refractivity contribution in [3.8, 4) is 0 Å². The zero-order chi connectivity index (χ0) is 17.4. The number of carbonyl (C=O) groups excluding carboxylic acids is 2. The molecule has 128 valence electrons. The highest BCUT2D eigenvalue weighted by molar-refractivity contribution is 7.80. The summed E-state index contributed by atoms with van der Waals surface area (Å²) in [6.07, 6.45) is -0.779. The maximum atomic E-state index is 12.0. The highest BCUT2D eigenvalue weighted by Gasteiger charge is 2.30. The fraction of sp³-hybridized carbons (Fsp3) is 0.769. The molecule has 0 aliphatic rings. The van der Waals surface area contributed by atoms with Gasteiger partial charge in [-0.15, -0.1) is 0 Å². The second kappa shape index (κ2) is 9.65. The molecule has 0 bridgehead atoms. The molecule has 8 nitrogen and oxygen atoms in total. The molecular weight excluding hydrogens is 310 g/mol. The van der Waals surface area contributed by atoms with E-state index in [1.165, 1.54) is 6.92 Å². The highest BCUT2D eigenvalue weighted by Crippen LogP contribution is 2.04. The Hall–Kier alpha value is -1.32. The Morgan fingerprint density at radius 1 is 1.14 bits per heavy atom. The molecule has 0 rings (SSSR count). The first-order valence-corrected chi connectivity index (χ1v) is 7.61. The van der Waals surface area contributed by atoms with E-state index >= 15 is 0 Å². The third kappa shape index (κ3) is 7.10. The van der Waals surface area contributed by atoms with E-state index in [0.29, 0.717) is 6.42 Å². The van der Waals surface area contributed by atoms with Gasteiger partial charge in [0, 0.05) is 5.75 Å². The molecule has 6 N–H and O–H groups in total. The molecule has 0 fully saturated rings. The van der Waals surface area contributed by atoms with Gasteiger partial charge in [0.2, 0.25) is 11.8 Å². The summed E-state index contributed by atoms with van der Waals surface area (Å²) < 4.78 is 0. The van der Waals surface area contributed by atoms with Crippen LogP contribution in [-0.2, 0) is 14.4 Å². The number of aliphatic hydroxyl groups excluding tert-OH is 1. The topological polar surface area (TPSA) is 142 Å². The van der Waals surface area contributed by atoms with Crippen LogP contribution in [0.2, 0.25) is 0 Å². The first kappa shape index (κ1) is 20.7. The molecule has 9 heteroatoms. The summed E-state index contributed by atoms with van der Waals surface area (Å²) in [5.74, 6) is -2.56. The van der Waals surface area contributed by atoms with Crippen molar-refractivity contribution in [1.29, 1.82) is 0 Å². The second-order valence-electron chi connectivity index (χ2n) is 5.54. The van der Waals surface area contributed by atoms with Crippen molar-refractivity contribution in [2.24, 2.45) is 11.7 Å². The molecule has 0 aromatic rings. The van der Waals surface area contributed by atoms with E-state index in [0.717, 1.165) is 0 Å². The van der Waals surface area contributed by atoms with Gasteiger partial charge in [0.25, 0.3) is 0 Å². The summed E-state index contributed by atoms with van der Waals surface area (Å²) >= 11 is 3.82. The first-order chi connectivity index (χ1) is 10.1. The molecule has 4 atom stereocenters. The zero-order valence-electron chi connectivity index (χ0n) is 12.9. The zero-order valence-corrected chi connectivity index (χ0v) is 13.8. The lowest BCUT2D eigenvalue weighted by molar-refractivity contribution is -0.142. The van der Waals surface area contributed by atoms with Gasteiger partial charge < -0.3 is 26.6 Å². The van der Waals surface area contributed by atoms with Gasteiger partial charge in [-0.1, -0.05) is 13.8 Å². The number of aliphatic carboxylic acids is 1. The Morgan fingerprint density at radius 3 is 2.05 bits per heavy atom. The summed E-state index contributed by atoms with van der Waals surface area (Å²) in [5, 5.41) is 23.1. The predicted molar refractivity (Wildman–Crippen MR) is 84.5 cm³/mol. The van der Waals surface area contributed by atoms with Crippen molar-refractivity contribution in [3.63, 3.8) is 0 Å². The lowest BCUT2D eigenvalue weighted by Crippen LogP contribution is -2.58. The van der Waals surface area contributed by atoms with E-state index in [1.54, 1.807) is 0 Å². The average Bonchev–Trinajstić information content (AvgIpc) is 2.39. The van der Waals surface area contributed by atoms with Crippen molar-refractivity contribution in [2.75, 3.05) is 5.75 Å². The largest absolute Gasteiger partial charge is 0.480 e. The minimum Gasteiger partial charge on any atom is -0.480 e. The van der Waals surface area contributed by atoms with Crippen LogP contribution in [0.3, 0.4) is 0 Å². The highest BCUT2D eigenvalue weighted by atomic mass is 32.1. The Labute approximate surface area is 135 Å². The molecule has 0 aromatic heterocycles. The Bertz CT molecular complexity index is 403.